The summed E-state index contributed by atoms with van der Waals surface area (Å²) >= 11 is 0.662. The highest BCUT2D eigenvalue weighted by atomic mass is 32.1. The first-order valence-electron chi connectivity index (χ1n) is 7.12. The van der Waals surface area contributed by atoms with Crippen LogP contribution in [0.2, 0.25) is 0 Å². The molecule has 2 heterocycles. The monoisotopic (exact) mass is 336 g/mol. The average Bonchev–Trinajstić information content (AvgIpc) is 2.93. The summed E-state index contributed by atoms with van der Waals surface area (Å²) < 4.78 is 37.6. The zero-order chi connectivity index (χ0) is 16.2. The van der Waals surface area contributed by atoms with Gasteiger partial charge >= 0.3 is 6.18 Å². The first-order valence-corrected chi connectivity index (χ1v) is 7.94. The lowest BCUT2D eigenvalue weighted by Gasteiger charge is -2.31. The standard InChI is InChI=1S/C13H19F3N4OS/c14-13(15,16)12-19-6-10(22-12)8-20-5-1-2-9(7-20)11(21)18-4-3-17/h6,9H,1-5,7-8,17H2,(H,18,21). The number of likely N-dealkylation sites (tertiary alicyclic amines) is 1. The van der Waals surface area contributed by atoms with Crippen LogP contribution in [0.25, 0.3) is 0 Å². The van der Waals surface area contributed by atoms with Crippen LogP contribution in [-0.2, 0) is 17.5 Å². The van der Waals surface area contributed by atoms with Crippen LogP contribution in [0.3, 0.4) is 0 Å². The van der Waals surface area contributed by atoms with Gasteiger partial charge in [0.2, 0.25) is 5.91 Å². The van der Waals surface area contributed by atoms with Crippen molar-refractivity contribution in [1.82, 2.24) is 15.2 Å². The third kappa shape index (κ3) is 4.65. The molecule has 0 bridgehead atoms. The number of hydrogen-bond acceptors (Lipinski definition) is 5. The number of nitrogens with one attached hydrogen (secondary N) is 1. The number of amides is 1. The van der Waals surface area contributed by atoms with Crippen molar-refractivity contribution in [3.8, 4) is 0 Å². The molecule has 1 aromatic heterocycles. The lowest BCUT2D eigenvalue weighted by Crippen LogP contribution is -2.43. The molecule has 0 radical (unpaired) electrons. The van der Waals surface area contributed by atoms with Gasteiger partial charge in [-0.05, 0) is 19.4 Å². The van der Waals surface area contributed by atoms with Gasteiger partial charge < -0.3 is 11.1 Å². The van der Waals surface area contributed by atoms with Crippen molar-refractivity contribution in [2.75, 3.05) is 26.2 Å². The van der Waals surface area contributed by atoms with E-state index in [1.165, 1.54) is 6.20 Å². The van der Waals surface area contributed by atoms with E-state index < -0.39 is 11.2 Å². The molecule has 1 aromatic rings. The van der Waals surface area contributed by atoms with E-state index in [1.54, 1.807) is 0 Å². The fraction of sp³-hybridized carbons (Fsp3) is 0.692. The summed E-state index contributed by atoms with van der Waals surface area (Å²) in [4.78, 5) is 17.9. The normalized spacial score (nSPS) is 20.1. The second-order valence-corrected chi connectivity index (χ2v) is 6.40. The van der Waals surface area contributed by atoms with Crippen molar-refractivity contribution in [3.63, 3.8) is 0 Å². The van der Waals surface area contributed by atoms with E-state index in [0.717, 1.165) is 19.4 Å². The van der Waals surface area contributed by atoms with Crippen molar-refractivity contribution in [2.45, 2.75) is 25.6 Å². The maximum absolute atomic E-state index is 12.5. The highest BCUT2D eigenvalue weighted by Crippen LogP contribution is 2.33. The number of hydrogen-bond donors (Lipinski definition) is 2. The van der Waals surface area contributed by atoms with Gasteiger partial charge in [-0.2, -0.15) is 13.2 Å². The van der Waals surface area contributed by atoms with Crippen LogP contribution in [0.4, 0.5) is 13.2 Å². The Labute approximate surface area is 130 Å². The summed E-state index contributed by atoms with van der Waals surface area (Å²) in [5.74, 6) is -0.161. The minimum Gasteiger partial charge on any atom is -0.355 e. The Morgan fingerprint density at radius 1 is 1.55 bits per heavy atom. The highest BCUT2D eigenvalue weighted by molar-refractivity contribution is 7.11. The van der Waals surface area contributed by atoms with E-state index in [0.29, 0.717) is 42.4 Å². The summed E-state index contributed by atoms with van der Waals surface area (Å²) in [7, 11) is 0. The zero-order valence-corrected chi connectivity index (χ0v) is 12.8. The van der Waals surface area contributed by atoms with Gasteiger partial charge in [0.1, 0.15) is 0 Å². The van der Waals surface area contributed by atoms with Crippen molar-refractivity contribution in [1.29, 1.82) is 0 Å². The van der Waals surface area contributed by atoms with E-state index >= 15 is 0 Å². The van der Waals surface area contributed by atoms with Crippen LogP contribution in [0.15, 0.2) is 6.20 Å². The van der Waals surface area contributed by atoms with Gasteiger partial charge in [0.05, 0.1) is 5.92 Å². The number of carbonyl (C=O) groups excluding carboxylic acids is 1. The molecule has 22 heavy (non-hydrogen) atoms. The van der Waals surface area contributed by atoms with Gasteiger partial charge in [-0.25, -0.2) is 4.98 Å². The molecule has 0 aromatic carbocycles. The molecule has 1 fully saturated rings. The lowest BCUT2D eigenvalue weighted by molar-refractivity contribution is -0.137. The summed E-state index contributed by atoms with van der Waals surface area (Å²) in [5, 5.41) is 1.94. The second-order valence-electron chi connectivity index (χ2n) is 5.28. The number of carbonyl (C=O) groups is 1. The minimum atomic E-state index is -4.39. The van der Waals surface area contributed by atoms with Crippen molar-refractivity contribution in [3.05, 3.63) is 16.1 Å². The van der Waals surface area contributed by atoms with E-state index in [1.807, 2.05) is 4.90 Å². The SMILES string of the molecule is NCCNC(=O)C1CCCN(Cc2cnc(C(F)(F)F)s2)C1. The Balaban J connectivity index is 1.90. The minimum absolute atomic E-state index is 0.0320. The van der Waals surface area contributed by atoms with Gasteiger partial charge in [-0.15, -0.1) is 11.3 Å². The van der Waals surface area contributed by atoms with Gasteiger partial charge in [0.25, 0.3) is 0 Å². The predicted octanol–water partition coefficient (Wildman–Crippen LogP) is 1.45. The summed E-state index contributed by atoms with van der Waals surface area (Å²) in [6.07, 6.45) is -1.48. The molecule has 0 spiro atoms. The number of thiazole rings is 1. The second kappa shape index (κ2) is 7.38. The Kier molecular flexibility index (Phi) is 5.76. The molecule has 1 amide bonds. The van der Waals surface area contributed by atoms with E-state index in [9.17, 15) is 18.0 Å². The molecule has 0 aliphatic carbocycles. The van der Waals surface area contributed by atoms with Crippen LogP contribution in [0.5, 0.6) is 0 Å². The van der Waals surface area contributed by atoms with Gasteiger partial charge in [0.15, 0.2) is 5.01 Å². The van der Waals surface area contributed by atoms with Gasteiger partial charge in [-0.1, -0.05) is 0 Å². The third-order valence-corrected chi connectivity index (χ3v) is 4.52. The molecule has 124 valence electrons. The van der Waals surface area contributed by atoms with Crippen LogP contribution >= 0.6 is 11.3 Å². The molecule has 3 N–H and O–H groups in total. The fourth-order valence-corrected chi connectivity index (χ4v) is 3.31. The Hall–Kier alpha value is -1.19. The topological polar surface area (TPSA) is 71.2 Å². The molecule has 2 rings (SSSR count). The number of aromatic nitrogens is 1. The van der Waals surface area contributed by atoms with Crippen LogP contribution < -0.4 is 11.1 Å². The summed E-state index contributed by atoms with van der Waals surface area (Å²) in [6, 6.07) is 0. The first-order chi connectivity index (χ1) is 10.4. The molecule has 5 nitrogen and oxygen atoms in total. The van der Waals surface area contributed by atoms with Gasteiger partial charge in [-0.3, -0.25) is 9.69 Å². The van der Waals surface area contributed by atoms with Crippen LogP contribution in [0, 0.1) is 5.92 Å². The number of piperidine rings is 1. The molecule has 1 unspecified atom stereocenters. The maximum atomic E-state index is 12.5. The molecule has 1 aliphatic rings. The average molecular weight is 336 g/mol. The molecular formula is C13H19F3N4OS. The van der Waals surface area contributed by atoms with Gasteiger partial charge in [0, 0.05) is 37.3 Å². The van der Waals surface area contributed by atoms with E-state index in [-0.39, 0.29) is 11.8 Å². The number of alkyl halides is 3. The third-order valence-electron chi connectivity index (χ3n) is 3.50. The Morgan fingerprint density at radius 3 is 2.95 bits per heavy atom. The van der Waals surface area contributed by atoms with Crippen molar-refractivity contribution >= 4 is 17.2 Å². The lowest BCUT2D eigenvalue weighted by atomic mass is 9.97. The number of nitrogens with two attached hydrogens (primary N) is 1. The van der Waals surface area contributed by atoms with Crippen LogP contribution in [0.1, 0.15) is 22.7 Å². The van der Waals surface area contributed by atoms with E-state index in [2.05, 4.69) is 10.3 Å². The van der Waals surface area contributed by atoms with Crippen molar-refractivity contribution < 1.29 is 18.0 Å². The molecule has 0 saturated carbocycles. The number of nitrogens with zero attached hydrogens (tertiary/aromatic N) is 2. The summed E-state index contributed by atoms with van der Waals surface area (Å²) in [5.41, 5.74) is 5.35. The molecule has 1 saturated heterocycles. The first kappa shape index (κ1) is 17.2. The molecule has 1 aliphatic heterocycles. The summed E-state index contributed by atoms with van der Waals surface area (Å²) in [6.45, 7) is 2.56. The zero-order valence-electron chi connectivity index (χ0n) is 12.0. The fourth-order valence-electron chi connectivity index (χ4n) is 2.48. The maximum Gasteiger partial charge on any atom is 0.443 e. The quantitative estimate of drug-likeness (QED) is 0.854. The Morgan fingerprint density at radius 2 is 2.32 bits per heavy atom. The highest BCUT2D eigenvalue weighted by Gasteiger charge is 2.35. The molecule has 9 heteroatoms. The number of rotatable bonds is 5. The molecule has 1 atom stereocenters. The van der Waals surface area contributed by atoms with Crippen molar-refractivity contribution in [2.24, 2.45) is 11.7 Å². The molecular weight excluding hydrogens is 317 g/mol. The predicted molar refractivity (Wildman–Crippen MR) is 77.2 cm³/mol. The Bertz CT molecular complexity index is 506. The number of halogens is 3. The smallest absolute Gasteiger partial charge is 0.355 e. The van der Waals surface area contributed by atoms with E-state index in [4.69, 9.17) is 5.73 Å². The van der Waals surface area contributed by atoms with Crippen LogP contribution in [-0.4, -0.2) is 42.0 Å². The largest absolute Gasteiger partial charge is 0.443 e.